The van der Waals surface area contributed by atoms with E-state index in [1.165, 1.54) is 5.56 Å². The number of hydrogen-bond donors (Lipinski definition) is 1. The minimum atomic E-state index is 0.529. The molecule has 0 radical (unpaired) electrons. The quantitative estimate of drug-likeness (QED) is 0.631. The zero-order valence-electron chi connectivity index (χ0n) is 11.4. The molecular weight excluding hydrogens is 316 g/mol. The topological polar surface area (TPSA) is 34.1 Å². The third kappa shape index (κ3) is 4.10. The molecule has 20 heavy (non-hydrogen) atoms. The SMILES string of the molecule is C=CCOc1ccc(CNc2ccc(Br)nc2C)cc1. The van der Waals surface area contributed by atoms with Gasteiger partial charge in [0.05, 0.1) is 11.4 Å². The highest BCUT2D eigenvalue weighted by Crippen LogP contribution is 2.18. The van der Waals surface area contributed by atoms with E-state index in [4.69, 9.17) is 4.74 Å². The van der Waals surface area contributed by atoms with Crippen LogP contribution in [0.5, 0.6) is 5.75 Å². The molecule has 3 nitrogen and oxygen atoms in total. The second-order valence-electron chi connectivity index (χ2n) is 4.36. The molecule has 0 aliphatic heterocycles. The molecule has 0 fully saturated rings. The van der Waals surface area contributed by atoms with Crippen LogP contribution in [0.3, 0.4) is 0 Å². The summed E-state index contributed by atoms with van der Waals surface area (Å²) in [4.78, 5) is 4.36. The number of benzene rings is 1. The zero-order chi connectivity index (χ0) is 14.4. The maximum atomic E-state index is 5.45. The van der Waals surface area contributed by atoms with Crippen LogP contribution >= 0.6 is 15.9 Å². The zero-order valence-corrected chi connectivity index (χ0v) is 13.0. The van der Waals surface area contributed by atoms with Crippen molar-refractivity contribution >= 4 is 21.6 Å². The fourth-order valence-electron chi connectivity index (χ4n) is 1.77. The summed E-state index contributed by atoms with van der Waals surface area (Å²) in [5, 5.41) is 3.38. The largest absolute Gasteiger partial charge is 0.490 e. The summed E-state index contributed by atoms with van der Waals surface area (Å²) in [7, 11) is 0. The average Bonchev–Trinajstić information content (AvgIpc) is 2.45. The van der Waals surface area contributed by atoms with E-state index in [0.29, 0.717) is 6.61 Å². The third-order valence-electron chi connectivity index (χ3n) is 2.83. The van der Waals surface area contributed by atoms with Crippen LogP contribution in [-0.4, -0.2) is 11.6 Å². The molecule has 2 aromatic rings. The lowest BCUT2D eigenvalue weighted by molar-refractivity contribution is 0.363. The van der Waals surface area contributed by atoms with E-state index in [9.17, 15) is 0 Å². The highest BCUT2D eigenvalue weighted by Gasteiger charge is 2.00. The Morgan fingerprint density at radius 2 is 2.00 bits per heavy atom. The highest BCUT2D eigenvalue weighted by atomic mass is 79.9. The summed E-state index contributed by atoms with van der Waals surface area (Å²) >= 11 is 3.36. The second-order valence-corrected chi connectivity index (χ2v) is 5.18. The van der Waals surface area contributed by atoms with Crippen LogP contribution < -0.4 is 10.1 Å². The highest BCUT2D eigenvalue weighted by molar-refractivity contribution is 9.10. The molecule has 0 amide bonds. The Kier molecular flexibility index (Phi) is 5.18. The number of anilines is 1. The molecule has 1 aromatic heterocycles. The van der Waals surface area contributed by atoms with Crippen LogP contribution in [0.25, 0.3) is 0 Å². The van der Waals surface area contributed by atoms with Crippen molar-refractivity contribution in [3.63, 3.8) is 0 Å². The van der Waals surface area contributed by atoms with Gasteiger partial charge in [-0.05, 0) is 52.7 Å². The summed E-state index contributed by atoms with van der Waals surface area (Å²) in [5.74, 6) is 0.857. The molecule has 0 atom stereocenters. The predicted octanol–water partition coefficient (Wildman–Crippen LogP) is 4.33. The van der Waals surface area contributed by atoms with Crippen LogP contribution in [-0.2, 0) is 6.54 Å². The number of nitrogens with zero attached hydrogens (tertiary/aromatic N) is 1. The van der Waals surface area contributed by atoms with Crippen LogP contribution in [0, 0.1) is 6.92 Å². The van der Waals surface area contributed by atoms with Crippen molar-refractivity contribution in [1.29, 1.82) is 0 Å². The third-order valence-corrected chi connectivity index (χ3v) is 3.27. The van der Waals surface area contributed by atoms with Gasteiger partial charge in [0.2, 0.25) is 0 Å². The minimum Gasteiger partial charge on any atom is -0.490 e. The van der Waals surface area contributed by atoms with E-state index >= 15 is 0 Å². The van der Waals surface area contributed by atoms with Crippen LogP contribution in [0.1, 0.15) is 11.3 Å². The average molecular weight is 333 g/mol. The van der Waals surface area contributed by atoms with Crippen molar-refractivity contribution in [2.75, 3.05) is 11.9 Å². The van der Waals surface area contributed by atoms with Gasteiger partial charge in [0.25, 0.3) is 0 Å². The number of ether oxygens (including phenoxy) is 1. The van der Waals surface area contributed by atoms with Crippen molar-refractivity contribution in [1.82, 2.24) is 4.98 Å². The van der Waals surface area contributed by atoms with Gasteiger partial charge in [0.1, 0.15) is 17.0 Å². The number of nitrogens with one attached hydrogen (secondary N) is 1. The van der Waals surface area contributed by atoms with Crippen molar-refractivity contribution in [2.24, 2.45) is 0 Å². The first-order valence-corrected chi connectivity index (χ1v) is 7.18. The molecule has 1 heterocycles. The molecule has 0 saturated carbocycles. The normalized spacial score (nSPS) is 10.1. The molecule has 1 aromatic carbocycles. The van der Waals surface area contributed by atoms with Gasteiger partial charge in [-0.15, -0.1) is 0 Å². The molecular formula is C16H17BrN2O. The molecule has 0 spiro atoms. The summed E-state index contributed by atoms with van der Waals surface area (Å²) in [6.45, 7) is 6.90. The summed E-state index contributed by atoms with van der Waals surface area (Å²) in [6.07, 6.45) is 1.73. The standard InChI is InChI=1S/C16H17BrN2O/c1-3-10-20-14-6-4-13(5-7-14)11-18-15-8-9-16(17)19-12(15)2/h3-9,18H,1,10-11H2,2H3. The Morgan fingerprint density at radius 3 is 2.65 bits per heavy atom. The monoisotopic (exact) mass is 332 g/mol. The fourth-order valence-corrected chi connectivity index (χ4v) is 2.17. The second kappa shape index (κ2) is 7.10. The number of pyridine rings is 1. The van der Waals surface area contributed by atoms with Gasteiger partial charge in [-0.25, -0.2) is 4.98 Å². The lowest BCUT2D eigenvalue weighted by Crippen LogP contribution is -2.02. The predicted molar refractivity (Wildman–Crippen MR) is 86.1 cm³/mol. The number of hydrogen-bond acceptors (Lipinski definition) is 3. The number of rotatable bonds is 6. The van der Waals surface area contributed by atoms with Crippen molar-refractivity contribution in [3.8, 4) is 5.75 Å². The van der Waals surface area contributed by atoms with Gasteiger partial charge in [-0.3, -0.25) is 0 Å². The molecule has 104 valence electrons. The van der Waals surface area contributed by atoms with Crippen molar-refractivity contribution in [2.45, 2.75) is 13.5 Å². The number of aryl methyl sites for hydroxylation is 1. The maximum Gasteiger partial charge on any atom is 0.119 e. The summed E-state index contributed by atoms with van der Waals surface area (Å²) in [5.41, 5.74) is 3.21. The van der Waals surface area contributed by atoms with Crippen LogP contribution in [0.15, 0.2) is 53.7 Å². The molecule has 0 saturated heterocycles. The smallest absolute Gasteiger partial charge is 0.119 e. The van der Waals surface area contributed by atoms with Crippen molar-refractivity contribution < 1.29 is 4.74 Å². The Labute approximate surface area is 127 Å². The van der Waals surface area contributed by atoms with Gasteiger partial charge >= 0.3 is 0 Å². The Bertz CT molecular complexity index is 582. The lowest BCUT2D eigenvalue weighted by Gasteiger charge is -2.10. The number of aromatic nitrogens is 1. The Hall–Kier alpha value is -1.81. The first-order chi connectivity index (χ1) is 9.69. The molecule has 0 bridgehead atoms. The van der Waals surface area contributed by atoms with Gasteiger partial charge in [-0.1, -0.05) is 24.8 Å². The van der Waals surface area contributed by atoms with Gasteiger partial charge in [0.15, 0.2) is 0 Å². The van der Waals surface area contributed by atoms with Crippen LogP contribution in [0.2, 0.25) is 0 Å². The number of halogens is 1. The fraction of sp³-hybridized carbons (Fsp3) is 0.188. The first-order valence-electron chi connectivity index (χ1n) is 6.38. The summed E-state index contributed by atoms with van der Waals surface area (Å²) in [6, 6.07) is 12.0. The van der Waals surface area contributed by atoms with E-state index in [0.717, 1.165) is 28.3 Å². The van der Waals surface area contributed by atoms with Crippen LogP contribution in [0.4, 0.5) is 5.69 Å². The molecule has 1 N–H and O–H groups in total. The first kappa shape index (κ1) is 14.6. The lowest BCUT2D eigenvalue weighted by atomic mass is 10.2. The van der Waals surface area contributed by atoms with E-state index in [1.54, 1.807) is 6.08 Å². The van der Waals surface area contributed by atoms with Crippen molar-refractivity contribution in [3.05, 3.63) is 64.9 Å². The Balaban J connectivity index is 1.95. The van der Waals surface area contributed by atoms with Gasteiger partial charge in [0, 0.05) is 6.54 Å². The summed E-state index contributed by atoms with van der Waals surface area (Å²) < 4.78 is 6.30. The molecule has 0 unspecified atom stereocenters. The minimum absolute atomic E-state index is 0.529. The van der Waals surface area contributed by atoms with Gasteiger partial charge < -0.3 is 10.1 Å². The van der Waals surface area contributed by atoms with E-state index in [1.807, 2.05) is 43.3 Å². The maximum absolute atomic E-state index is 5.45. The van der Waals surface area contributed by atoms with E-state index < -0.39 is 0 Å². The van der Waals surface area contributed by atoms with Gasteiger partial charge in [-0.2, -0.15) is 0 Å². The molecule has 4 heteroatoms. The molecule has 2 rings (SSSR count). The Morgan fingerprint density at radius 1 is 1.25 bits per heavy atom. The van der Waals surface area contributed by atoms with E-state index in [-0.39, 0.29) is 0 Å². The molecule has 0 aliphatic rings. The molecule has 0 aliphatic carbocycles. The van der Waals surface area contributed by atoms with E-state index in [2.05, 4.69) is 32.8 Å².